The fourth-order valence-electron chi connectivity index (χ4n) is 2.37. The largest absolute Gasteiger partial charge is 0.490 e. The molecule has 0 aliphatic carbocycles. The molecule has 8 nitrogen and oxygen atoms in total. The molecular weight excluding hydrogens is 362 g/mol. The maximum Gasteiger partial charge on any atom is 0.272 e. The second-order valence-electron chi connectivity index (χ2n) is 5.70. The van der Waals surface area contributed by atoms with E-state index in [0.29, 0.717) is 35.8 Å². The molecule has 1 amide bonds. The Bertz CT molecular complexity index is 909. The Morgan fingerprint density at radius 3 is 2.68 bits per heavy atom. The van der Waals surface area contributed by atoms with Gasteiger partial charge in [0, 0.05) is 17.2 Å². The van der Waals surface area contributed by atoms with Gasteiger partial charge in [-0.15, -0.1) is 0 Å². The van der Waals surface area contributed by atoms with E-state index in [-0.39, 0.29) is 11.3 Å². The van der Waals surface area contributed by atoms with Gasteiger partial charge in [-0.05, 0) is 49.7 Å². The second kappa shape index (κ2) is 9.86. The quantitative estimate of drug-likeness (QED) is 0.308. The average Bonchev–Trinajstić information content (AvgIpc) is 2.67. The maximum absolute atomic E-state index is 12.2. The number of ether oxygens (including phenoxy) is 2. The standard InChI is InChI=1S/C20H21N3O5/c1-4-10-28-18-9-6-15(12-19(18)27-5-2)13-21-22-20(24)16-7-8-17(23(25)26)14(3)11-16/h4,6-9,11-13H,1,5,10H2,2-3H3,(H,22,24)/b21-13+. The number of hydrogen-bond acceptors (Lipinski definition) is 6. The van der Waals surface area contributed by atoms with E-state index in [0.717, 1.165) is 0 Å². The Hall–Kier alpha value is -3.68. The highest BCUT2D eigenvalue weighted by molar-refractivity contribution is 5.95. The minimum atomic E-state index is -0.493. The van der Waals surface area contributed by atoms with Gasteiger partial charge in [0.15, 0.2) is 11.5 Å². The number of aryl methyl sites for hydroxylation is 1. The summed E-state index contributed by atoms with van der Waals surface area (Å²) in [5.74, 6) is 0.681. The first-order valence-corrected chi connectivity index (χ1v) is 8.55. The molecule has 0 aliphatic heterocycles. The highest BCUT2D eigenvalue weighted by Gasteiger charge is 2.13. The van der Waals surface area contributed by atoms with Crippen LogP contribution in [0.3, 0.4) is 0 Å². The Kier molecular flexibility index (Phi) is 7.27. The van der Waals surface area contributed by atoms with Gasteiger partial charge in [-0.3, -0.25) is 14.9 Å². The van der Waals surface area contributed by atoms with E-state index in [1.807, 2.05) is 6.92 Å². The molecule has 0 bridgehead atoms. The molecule has 8 heteroatoms. The van der Waals surface area contributed by atoms with Crippen LogP contribution < -0.4 is 14.9 Å². The predicted octanol–water partition coefficient (Wildman–Crippen LogP) is 3.63. The molecule has 0 unspecified atom stereocenters. The minimum Gasteiger partial charge on any atom is -0.490 e. The Morgan fingerprint density at radius 1 is 1.25 bits per heavy atom. The van der Waals surface area contributed by atoms with Gasteiger partial charge in [0.1, 0.15) is 6.61 Å². The third-order valence-corrected chi connectivity index (χ3v) is 3.66. The van der Waals surface area contributed by atoms with E-state index in [2.05, 4.69) is 17.1 Å². The molecule has 0 saturated carbocycles. The SMILES string of the molecule is C=CCOc1ccc(/C=N/NC(=O)c2ccc([N+](=O)[O-])c(C)c2)cc1OCC. The summed E-state index contributed by atoms with van der Waals surface area (Å²) >= 11 is 0. The lowest BCUT2D eigenvalue weighted by Crippen LogP contribution is -2.17. The first kappa shape index (κ1) is 20.6. The fraction of sp³-hybridized carbons (Fsp3) is 0.200. The van der Waals surface area contributed by atoms with Gasteiger partial charge < -0.3 is 9.47 Å². The number of rotatable bonds is 9. The molecule has 0 heterocycles. The van der Waals surface area contributed by atoms with Crippen LogP contribution in [0.1, 0.15) is 28.4 Å². The molecule has 28 heavy (non-hydrogen) atoms. The Morgan fingerprint density at radius 2 is 2.04 bits per heavy atom. The monoisotopic (exact) mass is 383 g/mol. The third-order valence-electron chi connectivity index (χ3n) is 3.66. The van der Waals surface area contributed by atoms with Crippen LogP contribution in [0.25, 0.3) is 0 Å². The molecule has 0 aliphatic rings. The number of carbonyl (C=O) groups is 1. The van der Waals surface area contributed by atoms with Crippen molar-refractivity contribution in [1.82, 2.24) is 5.43 Å². The van der Waals surface area contributed by atoms with Crippen molar-refractivity contribution in [2.24, 2.45) is 5.10 Å². The van der Waals surface area contributed by atoms with E-state index in [4.69, 9.17) is 9.47 Å². The van der Waals surface area contributed by atoms with Crippen LogP contribution in [0.4, 0.5) is 5.69 Å². The number of nitrogens with zero attached hydrogens (tertiary/aromatic N) is 2. The van der Waals surface area contributed by atoms with Gasteiger partial charge in [0.05, 0.1) is 17.7 Å². The first-order valence-electron chi connectivity index (χ1n) is 8.55. The second-order valence-corrected chi connectivity index (χ2v) is 5.70. The van der Waals surface area contributed by atoms with Crippen molar-refractivity contribution in [1.29, 1.82) is 0 Å². The number of carbonyl (C=O) groups excluding carboxylic acids is 1. The van der Waals surface area contributed by atoms with E-state index >= 15 is 0 Å². The number of hydrazone groups is 1. The number of amides is 1. The smallest absolute Gasteiger partial charge is 0.272 e. The van der Waals surface area contributed by atoms with E-state index in [9.17, 15) is 14.9 Å². The normalized spacial score (nSPS) is 10.5. The molecule has 1 N–H and O–H groups in total. The molecule has 0 spiro atoms. The van der Waals surface area contributed by atoms with Crippen molar-refractivity contribution in [3.63, 3.8) is 0 Å². The summed E-state index contributed by atoms with van der Waals surface area (Å²) in [5.41, 5.74) is 3.74. The number of nitro benzene ring substituents is 1. The van der Waals surface area contributed by atoms with Gasteiger partial charge in [-0.25, -0.2) is 5.43 Å². The van der Waals surface area contributed by atoms with Gasteiger partial charge in [0.2, 0.25) is 0 Å². The zero-order chi connectivity index (χ0) is 20.5. The van der Waals surface area contributed by atoms with Gasteiger partial charge in [-0.2, -0.15) is 5.10 Å². The zero-order valence-corrected chi connectivity index (χ0v) is 15.7. The van der Waals surface area contributed by atoms with Crippen molar-refractivity contribution >= 4 is 17.8 Å². The predicted molar refractivity (Wildman–Crippen MR) is 106 cm³/mol. The van der Waals surface area contributed by atoms with Crippen LogP contribution in [0.2, 0.25) is 0 Å². The van der Waals surface area contributed by atoms with Crippen LogP contribution in [0.5, 0.6) is 11.5 Å². The molecule has 2 aromatic rings. The minimum absolute atomic E-state index is 0.0396. The van der Waals surface area contributed by atoms with E-state index < -0.39 is 10.8 Å². The molecule has 146 valence electrons. The summed E-state index contributed by atoms with van der Waals surface area (Å²) in [6.45, 7) is 7.88. The van der Waals surface area contributed by atoms with Gasteiger partial charge >= 0.3 is 0 Å². The molecule has 0 aromatic heterocycles. The number of hydrogen-bond donors (Lipinski definition) is 1. The lowest BCUT2D eigenvalue weighted by Gasteiger charge is -2.11. The molecule has 0 fully saturated rings. The summed E-state index contributed by atoms with van der Waals surface area (Å²) in [4.78, 5) is 22.5. The molecule has 0 saturated heterocycles. The van der Waals surface area contributed by atoms with Crippen molar-refractivity contribution in [3.8, 4) is 11.5 Å². The van der Waals surface area contributed by atoms with Crippen molar-refractivity contribution in [2.75, 3.05) is 13.2 Å². The van der Waals surface area contributed by atoms with Crippen molar-refractivity contribution in [3.05, 3.63) is 75.9 Å². The summed E-state index contributed by atoms with van der Waals surface area (Å²) in [7, 11) is 0. The van der Waals surface area contributed by atoms with Crippen LogP contribution in [-0.2, 0) is 0 Å². The van der Waals surface area contributed by atoms with Crippen LogP contribution in [0, 0.1) is 17.0 Å². The summed E-state index contributed by atoms with van der Waals surface area (Å²) in [6.07, 6.45) is 3.11. The fourth-order valence-corrected chi connectivity index (χ4v) is 2.37. The topological polar surface area (TPSA) is 103 Å². The van der Waals surface area contributed by atoms with Crippen LogP contribution >= 0.6 is 0 Å². The lowest BCUT2D eigenvalue weighted by molar-refractivity contribution is -0.385. The molecule has 0 radical (unpaired) electrons. The van der Waals surface area contributed by atoms with Crippen molar-refractivity contribution < 1.29 is 19.2 Å². The summed E-state index contributed by atoms with van der Waals surface area (Å²) in [5, 5.41) is 14.8. The van der Waals surface area contributed by atoms with Gasteiger partial charge in [0.25, 0.3) is 11.6 Å². The van der Waals surface area contributed by atoms with Crippen LogP contribution in [-0.4, -0.2) is 30.3 Å². The van der Waals surface area contributed by atoms with Gasteiger partial charge in [-0.1, -0.05) is 12.7 Å². The molecule has 2 aromatic carbocycles. The first-order chi connectivity index (χ1) is 13.5. The number of benzene rings is 2. The lowest BCUT2D eigenvalue weighted by atomic mass is 10.1. The highest BCUT2D eigenvalue weighted by Crippen LogP contribution is 2.28. The van der Waals surface area contributed by atoms with E-state index in [1.165, 1.54) is 24.4 Å². The summed E-state index contributed by atoms with van der Waals surface area (Å²) < 4.78 is 11.1. The molecule has 2 rings (SSSR count). The summed E-state index contributed by atoms with van der Waals surface area (Å²) in [6, 6.07) is 9.39. The maximum atomic E-state index is 12.2. The Balaban J connectivity index is 2.08. The zero-order valence-electron chi connectivity index (χ0n) is 15.7. The van der Waals surface area contributed by atoms with Crippen molar-refractivity contribution in [2.45, 2.75) is 13.8 Å². The van der Waals surface area contributed by atoms with Crippen LogP contribution in [0.15, 0.2) is 54.2 Å². The average molecular weight is 383 g/mol. The van der Waals surface area contributed by atoms with E-state index in [1.54, 1.807) is 31.2 Å². The Labute approximate surface area is 162 Å². The third kappa shape index (κ3) is 5.41. The highest BCUT2D eigenvalue weighted by atomic mass is 16.6. The molecular formula is C20H21N3O5. The number of nitrogens with one attached hydrogen (secondary N) is 1. The molecule has 0 atom stereocenters. The number of nitro groups is 1.